The predicted molar refractivity (Wildman–Crippen MR) is 119 cm³/mol. The number of rotatable bonds is 8. The molecule has 162 valence electrons. The molecule has 0 aromatic heterocycles. The second kappa shape index (κ2) is 10.2. The van der Waals surface area contributed by atoms with Crippen LogP contribution in [-0.2, 0) is 0 Å². The van der Waals surface area contributed by atoms with Crippen LogP contribution in [-0.4, -0.2) is 49.5 Å². The topological polar surface area (TPSA) is 52.6 Å². The third-order valence-corrected chi connectivity index (χ3v) is 6.28. The van der Waals surface area contributed by atoms with Crippen molar-refractivity contribution in [3.05, 3.63) is 65.0 Å². The SMILES string of the molecule is Cc1c(F)cccc1[C@H]1C(CCCCN(C)C)CNC[C@@H]1C(=O)c1cccc(O)c1. The quantitative estimate of drug-likeness (QED) is 0.499. The average Bonchev–Trinajstić information content (AvgIpc) is 2.72. The summed E-state index contributed by atoms with van der Waals surface area (Å²) < 4.78 is 14.4. The smallest absolute Gasteiger partial charge is 0.167 e. The van der Waals surface area contributed by atoms with Crippen LogP contribution in [0.2, 0.25) is 0 Å². The van der Waals surface area contributed by atoms with Crippen molar-refractivity contribution in [2.45, 2.75) is 32.1 Å². The van der Waals surface area contributed by atoms with Crippen LogP contribution in [0.15, 0.2) is 42.5 Å². The number of piperidine rings is 1. The Morgan fingerprint density at radius 2 is 1.93 bits per heavy atom. The van der Waals surface area contributed by atoms with E-state index in [-0.39, 0.29) is 35.1 Å². The molecule has 30 heavy (non-hydrogen) atoms. The molecule has 0 saturated carbocycles. The Morgan fingerprint density at radius 1 is 1.17 bits per heavy atom. The number of unbranched alkanes of at least 4 members (excludes halogenated alkanes) is 1. The summed E-state index contributed by atoms with van der Waals surface area (Å²) in [4.78, 5) is 15.6. The van der Waals surface area contributed by atoms with Crippen molar-refractivity contribution in [3.8, 4) is 5.75 Å². The summed E-state index contributed by atoms with van der Waals surface area (Å²) in [7, 11) is 4.15. The van der Waals surface area contributed by atoms with Gasteiger partial charge in [0.2, 0.25) is 0 Å². The standard InChI is InChI=1S/C25H33FN2O2/c1-17-21(11-7-12-23(17)26)24-19(8-4-5-13-28(2)3)15-27-16-22(24)25(30)18-9-6-10-20(29)14-18/h6-7,9-12,14,19,22,24,27,29H,4-5,8,13,15-16H2,1-3H3/t19?,22-,24+/m0/s1. The zero-order valence-electron chi connectivity index (χ0n) is 18.2. The number of nitrogens with one attached hydrogen (secondary N) is 1. The van der Waals surface area contributed by atoms with Crippen molar-refractivity contribution in [1.82, 2.24) is 10.2 Å². The lowest BCUT2D eigenvalue weighted by Gasteiger charge is -2.39. The summed E-state index contributed by atoms with van der Waals surface area (Å²) in [5.74, 6) is -0.210. The molecule has 1 heterocycles. The highest BCUT2D eigenvalue weighted by atomic mass is 19.1. The first kappa shape index (κ1) is 22.4. The molecule has 2 aromatic carbocycles. The molecule has 2 aromatic rings. The number of carbonyl (C=O) groups is 1. The molecule has 4 nitrogen and oxygen atoms in total. The second-order valence-corrected chi connectivity index (χ2v) is 8.72. The maximum Gasteiger partial charge on any atom is 0.167 e. The van der Waals surface area contributed by atoms with Crippen LogP contribution in [0.5, 0.6) is 5.75 Å². The van der Waals surface area contributed by atoms with Gasteiger partial charge in [-0.2, -0.15) is 0 Å². The van der Waals surface area contributed by atoms with E-state index in [1.165, 1.54) is 12.1 Å². The number of Topliss-reactive ketones (excluding diaryl/α,β-unsaturated/α-hetero) is 1. The predicted octanol–water partition coefficient (Wildman–Crippen LogP) is 4.37. The summed E-state index contributed by atoms with van der Waals surface area (Å²) in [6.45, 7) is 4.23. The summed E-state index contributed by atoms with van der Waals surface area (Å²) in [5.41, 5.74) is 2.08. The Morgan fingerprint density at radius 3 is 2.67 bits per heavy atom. The fraction of sp³-hybridized carbons (Fsp3) is 0.480. The van der Waals surface area contributed by atoms with Gasteiger partial charge in [0.15, 0.2) is 5.78 Å². The molecule has 1 fully saturated rings. The maximum atomic E-state index is 14.4. The first-order valence-corrected chi connectivity index (χ1v) is 10.8. The van der Waals surface area contributed by atoms with E-state index in [0.717, 1.165) is 37.9 Å². The van der Waals surface area contributed by atoms with Crippen molar-refractivity contribution in [2.75, 3.05) is 33.7 Å². The van der Waals surface area contributed by atoms with Crippen molar-refractivity contribution < 1.29 is 14.3 Å². The van der Waals surface area contributed by atoms with Gasteiger partial charge < -0.3 is 15.3 Å². The lowest BCUT2D eigenvalue weighted by atomic mass is 9.69. The molecular formula is C25H33FN2O2. The van der Waals surface area contributed by atoms with E-state index >= 15 is 0 Å². The summed E-state index contributed by atoms with van der Waals surface area (Å²) in [6, 6.07) is 11.7. The van der Waals surface area contributed by atoms with Gasteiger partial charge in [0.1, 0.15) is 11.6 Å². The molecule has 1 aliphatic heterocycles. The Bertz CT molecular complexity index is 868. The number of carbonyl (C=O) groups excluding carboxylic acids is 1. The first-order valence-electron chi connectivity index (χ1n) is 10.8. The third-order valence-electron chi connectivity index (χ3n) is 6.28. The molecule has 0 aliphatic carbocycles. The van der Waals surface area contributed by atoms with Crippen LogP contribution in [0.3, 0.4) is 0 Å². The van der Waals surface area contributed by atoms with Crippen LogP contribution in [0.25, 0.3) is 0 Å². The highest BCUT2D eigenvalue weighted by Gasteiger charge is 2.39. The lowest BCUT2D eigenvalue weighted by Crippen LogP contribution is -2.45. The molecule has 0 amide bonds. The van der Waals surface area contributed by atoms with Gasteiger partial charge in [-0.25, -0.2) is 4.39 Å². The van der Waals surface area contributed by atoms with E-state index in [1.54, 1.807) is 24.3 Å². The van der Waals surface area contributed by atoms with Crippen LogP contribution in [0.1, 0.15) is 46.7 Å². The minimum Gasteiger partial charge on any atom is -0.508 e. The molecule has 2 N–H and O–H groups in total. The van der Waals surface area contributed by atoms with Crippen LogP contribution < -0.4 is 5.32 Å². The number of hydrogen-bond donors (Lipinski definition) is 2. The zero-order valence-corrected chi connectivity index (χ0v) is 18.2. The molecular weight excluding hydrogens is 379 g/mol. The van der Waals surface area contributed by atoms with E-state index in [2.05, 4.69) is 24.3 Å². The monoisotopic (exact) mass is 412 g/mol. The van der Waals surface area contributed by atoms with Crippen LogP contribution in [0.4, 0.5) is 4.39 Å². The van der Waals surface area contributed by atoms with Crippen molar-refractivity contribution in [3.63, 3.8) is 0 Å². The minimum atomic E-state index is -0.292. The molecule has 0 bridgehead atoms. The van der Waals surface area contributed by atoms with E-state index < -0.39 is 0 Å². The van der Waals surface area contributed by atoms with Crippen LogP contribution >= 0.6 is 0 Å². The first-order chi connectivity index (χ1) is 14.4. The van der Waals surface area contributed by atoms with Gasteiger partial charge in [-0.05, 0) is 88.1 Å². The van der Waals surface area contributed by atoms with E-state index in [9.17, 15) is 14.3 Å². The molecule has 1 unspecified atom stereocenters. The normalized spacial score (nSPS) is 21.7. The Balaban J connectivity index is 1.91. The number of nitrogens with zero attached hydrogens (tertiary/aromatic N) is 1. The van der Waals surface area contributed by atoms with Gasteiger partial charge in [-0.15, -0.1) is 0 Å². The molecule has 1 aliphatic rings. The van der Waals surface area contributed by atoms with Gasteiger partial charge in [0.25, 0.3) is 0 Å². The number of hydrogen-bond acceptors (Lipinski definition) is 4. The van der Waals surface area contributed by atoms with Gasteiger partial charge in [0.05, 0.1) is 0 Å². The number of halogens is 1. The Hall–Kier alpha value is -2.24. The molecule has 1 saturated heterocycles. The largest absolute Gasteiger partial charge is 0.508 e. The highest BCUT2D eigenvalue weighted by Crippen LogP contribution is 2.40. The summed E-state index contributed by atoms with van der Waals surface area (Å²) in [5, 5.41) is 13.3. The number of ketones is 1. The molecule has 5 heteroatoms. The van der Waals surface area contributed by atoms with Gasteiger partial charge >= 0.3 is 0 Å². The lowest BCUT2D eigenvalue weighted by molar-refractivity contribution is 0.0839. The van der Waals surface area contributed by atoms with Crippen molar-refractivity contribution in [2.24, 2.45) is 11.8 Å². The average molecular weight is 413 g/mol. The Kier molecular flexibility index (Phi) is 7.62. The van der Waals surface area contributed by atoms with E-state index in [0.29, 0.717) is 17.7 Å². The highest BCUT2D eigenvalue weighted by molar-refractivity contribution is 5.99. The molecule has 3 atom stereocenters. The maximum absolute atomic E-state index is 14.4. The van der Waals surface area contributed by atoms with Gasteiger partial charge in [-0.1, -0.05) is 30.7 Å². The zero-order chi connectivity index (χ0) is 21.7. The van der Waals surface area contributed by atoms with Gasteiger partial charge in [0, 0.05) is 18.0 Å². The number of benzene rings is 2. The number of aromatic hydroxyl groups is 1. The number of phenols is 1. The fourth-order valence-electron chi connectivity index (χ4n) is 4.71. The molecule has 3 rings (SSSR count). The molecule has 0 spiro atoms. The van der Waals surface area contributed by atoms with Crippen molar-refractivity contribution >= 4 is 5.78 Å². The fourth-order valence-corrected chi connectivity index (χ4v) is 4.71. The third kappa shape index (κ3) is 5.27. The summed E-state index contributed by atoms with van der Waals surface area (Å²) in [6.07, 6.45) is 3.16. The van der Waals surface area contributed by atoms with Crippen molar-refractivity contribution in [1.29, 1.82) is 0 Å². The van der Waals surface area contributed by atoms with Gasteiger partial charge in [-0.3, -0.25) is 4.79 Å². The Labute approximate surface area is 179 Å². The van der Waals surface area contributed by atoms with E-state index in [1.807, 2.05) is 13.0 Å². The minimum absolute atomic E-state index is 0.00468. The second-order valence-electron chi connectivity index (χ2n) is 8.72. The summed E-state index contributed by atoms with van der Waals surface area (Å²) >= 11 is 0. The molecule has 0 radical (unpaired) electrons. The number of phenolic OH excluding ortho intramolecular Hbond substituents is 1. The van der Waals surface area contributed by atoms with E-state index in [4.69, 9.17) is 0 Å². The van der Waals surface area contributed by atoms with Crippen LogP contribution in [0, 0.1) is 24.6 Å².